The number of rotatable bonds is 6. The molecule has 154 valence electrons. The lowest BCUT2D eigenvalue weighted by atomic mass is 10.0. The van der Waals surface area contributed by atoms with Crippen molar-refractivity contribution in [3.05, 3.63) is 54.0 Å². The highest BCUT2D eigenvalue weighted by Crippen LogP contribution is 2.33. The molecule has 0 radical (unpaired) electrons. The first-order valence-corrected chi connectivity index (χ1v) is 11.5. The number of carbonyl (C=O) groups excluding carboxylic acids is 1. The molecule has 1 aromatic heterocycles. The van der Waals surface area contributed by atoms with Crippen LogP contribution in [0.2, 0.25) is 0 Å². The first-order valence-electron chi connectivity index (χ1n) is 9.62. The Hall–Kier alpha value is -2.65. The van der Waals surface area contributed by atoms with Crippen LogP contribution in [0, 0.1) is 0 Å². The summed E-state index contributed by atoms with van der Waals surface area (Å²) in [5.74, 6) is 0.623. The van der Waals surface area contributed by atoms with E-state index in [0.717, 1.165) is 43.5 Å². The molecule has 1 amide bonds. The zero-order valence-corrected chi connectivity index (χ0v) is 17.1. The third-order valence-corrected chi connectivity index (χ3v) is 5.70. The molecule has 2 aliphatic rings. The number of carbonyl (C=O) groups is 1. The second-order valence-corrected chi connectivity index (χ2v) is 9.21. The summed E-state index contributed by atoms with van der Waals surface area (Å²) in [4.78, 5) is 15.1. The highest BCUT2D eigenvalue weighted by Gasteiger charge is 2.35. The number of hydrogen-bond acceptors (Lipinski definition) is 6. The molecular weight excluding hydrogens is 392 g/mol. The van der Waals surface area contributed by atoms with Crippen LogP contribution in [0.5, 0.6) is 0 Å². The van der Waals surface area contributed by atoms with Crippen molar-refractivity contribution in [2.45, 2.75) is 25.3 Å². The van der Waals surface area contributed by atoms with Crippen LogP contribution in [0.1, 0.15) is 36.6 Å². The van der Waals surface area contributed by atoms with Gasteiger partial charge in [-0.2, -0.15) is 5.10 Å². The van der Waals surface area contributed by atoms with Gasteiger partial charge in [0.15, 0.2) is 0 Å². The van der Waals surface area contributed by atoms with Gasteiger partial charge in [0.2, 0.25) is 10.0 Å². The number of furan rings is 1. The Bertz CT molecular complexity index is 1010. The molecule has 1 unspecified atom stereocenters. The zero-order chi connectivity index (χ0) is 20.4. The molecule has 2 aromatic rings. The van der Waals surface area contributed by atoms with Crippen molar-refractivity contribution in [2.75, 3.05) is 30.6 Å². The number of nitrogens with one attached hydrogen (secondary N) is 1. The van der Waals surface area contributed by atoms with Crippen molar-refractivity contribution in [3.8, 4) is 0 Å². The number of likely N-dealkylation sites (tertiary alicyclic amines) is 1. The zero-order valence-electron chi connectivity index (χ0n) is 16.2. The Morgan fingerprint density at radius 1 is 1.24 bits per heavy atom. The minimum absolute atomic E-state index is 0.0614. The largest absolute Gasteiger partial charge is 0.467 e. The van der Waals surface area contributed by atoms with Gasteiger partial charge in [-0.3, -0.25) is 14.4 Å². The Morgan fingerprint density at radius 3 is 2.72 bits per heavy atom. The molecule has 9 heteroatoms. The summed E-state index contributed by atoms with van der Waals surface area (Å²) in [6, 6.07) is 10.4. The second kappa shape index (κ2) is 8.00. The summed E-state index contributed by atoms with van der Waals surface area (Å²) >= 11 is 0. The molecule has 0 saturated carbocycles. The van der Waals surface area contributed by atoms with Crippen molar-refractivity contribution in [2.24, 2.45) is 5.10 Å². The Labute approximate surface area is 170 Å². The first kappa shape index (κ1) is 19.7. The van der Waals surface area contributed by atoms with Gasteiger partial charge in [0.1, 0.15) is 11.8 Å². The van der Waals surface area contributed by atoms with Crippen molar-refractivity contribution >= 4 is 27.3 Å². The molecule has 1 saturated heterocycles. The highest BCUT2D eigenvalue weighted by atomic mass is 32.2. The van der Waals surface area contributed by atoms with E-state index in [1.165, 1.54) is 5.01 Å². The van der Waals surface area contributed by atoms with Crippen LogP contribution in [0.15, 0.2) is 52.2 Å². The molecule has 8 nitrogen and oxygen atoms in total. The van der Waals surface area contributed by atoms with Crippen molar-refractivity contribution in [1.29, 1.82) is 0 Å². The van der Waals surface area contributed by atoms with E-state index in [1.54, 1.807) is 30.5 Å². The van der Waals surface area contributed by atoms with Gasteiger partial charge in [-0.15, -0.1) is 0 Å². The van der Waals surface area contributed by atoms with Gasteiger partial charge < -0.3 is 4.42 Å². The predicted molar refractivity (Wildman–Crippen MR) is 110 cm³/mol. The molecule has 1 N–H and O–H groups in total. The molecule has 4 rings (SSSR count). The number of sulfonamides is 1. The maximum absolute atomic E-state index is 13.0. The van der Waals surface area contributed by atoms with E-state index < -0.39 is 10.0 Å². The average Bonchev–Trinajstić information content (AvgIpc) is 3.41. The molecule has 1 fully saturated rings. The van der Waals surface area contributed by atoms with E-state index in [2.05, 4.69) is 14.7 Å². The SMILES string of the molecule is CS(=O)(=O)Nc1cccc(C2=NN(C(=O)CN3CCCC3)C(c3ccco3)C2)c1. The smallest absolute Gasteiger partial charge is 0.257 e. The molecule has 3 heterocycles. The van der Waals surface area contributed by atoms with Crippen molar-refractivity contribution in [3.63, 3.8) is 0 Å². The third kappa shape index (κ3) is 4.68. The van der Waals surface area contributed by atoms with Gasteiger partial charge in [0.05, 0.1) is 24.8 Å². The molecular formula is C20H24N4O4S. The summed E-state index contributed by atoms with van der Waals surface area (Å²) < 4.78 is 31.1. The fourth-order valence-corrected chi connectivity index (χ4v) is 4.35. The highest BCUT2D eigenvalue weighted by molar-refractivity contribution is 7.92. The van der Waals surface area contributed by atoms with E-state index in [-0.39, 0.29) is 11.9 Å². The van der Waals surface area contributed by atoms with E-state index in [9.17, 15) is 13.2 Å². The minimum Gasteiger partial charge on any atom is -0.467 e. The van der Waals surface area contributed by atoms with Crippen LogP contribution in [0.3, 0.4) is 0 Å². The van der Waals surface area contributed by atoms with Crippen LogP contribution in [0.4, 0.5) is 5.69 Å². The number of hydrogen-bond donors (Lipinski definition) is 1. The monoisotopic (exact) mass is 416 g/mol. The number of anilines is 1. The van der Waals surface area contributed by atoms with E-state index in [1.807, 2.05) is 12.1 Å². The van der Waals surface area contributed by atoms with Gasteiger partial charge in [-0.05, 0) is 55.8 Å². The molecule has 1 aromatic carbocycles. The summed E-state index contributed by atoms with van der Waals surface area (Å²) in [7, 11) is -3.38. The normalized spacial score (nSPS) is 20.1. The Kier molecular flexibility index (Phi) is 5.42. The summed E-state index contributed by atoms with van der Waals surface area (Å²) in [5, 5.41) is 6.13. The summed E-state index contributed by atoms with van der Waals surface area (Å²) in [6.07, 6.45) is 5.43. The van der Waals surface area contributed by atoms with Gasteiger partial charge in [-0.1, -0.05) is 12.1 Å². The average molecular weight is 417 g/mol. The quantitative estimate of drug-likeness (QED) is 0.780. The molecule has 0 bridgehead atoms. The van der Waals surface area contributed by atoms with Gasteiger partial charge in [0.25, 0.3) is 5.91 Å². The van der Waals surface area contributed by atoms with Crippen molar-refractivity contribution in [1.82, 2.24) is 9.91 Å². The van der Waals surface area contributed by atoms with E-state index >= 15 is 0 Å². The van der Waals surface area contributed by atoms with Crippen LogP contribution in [-0.2, 0) is 14.8 Å². The number of nitrogens with zero attached hydrogens (tertiary/aromatic N) is 3. The lowest BCUT2D eigenvalue weighted by molar-refractivity contribution is -0.134. The molecule has 29 heavy (non-hydrogen) atoms. The fourth-order valence-electron chi connectivity index (χ4n) is 3.80. The minimum atomic E-state index is -3.38. The topological polar surface area (TPSA) is 95.2 Å². The molecule has 2 aliphatic heterocycles. The van der Waals surface area contributed by atoms with Gasteiger partial charge in [-0.25, -0.2) is 13.4 Å². The lowest BCUT2D eigenvalue weighted by Gasteiger charge is -2.22. The maximum Gasteiger partial charge on any atom is 0.257 e. The molecule has 0 spiro atoms. The Morgan fingerprint density at radius 2 is 2.03 bits per heavy atom. The predicted octanol–water partition coefficient (Wildman–Crippen LogP) is 2.42. The molecule has 0 aliphatic carbocycles. The fraction of sp³-hybridized carbons (Fsp3) is 0.400. The van der Waals surface area contributed by atoms with E-state index in [4.69, 9.17) is 4.42 Å². The standard InChI is InChI=1S/C20H24N4O4S/c1-29(26,27)22-16-7-4-6-15(12-16)17-13-18(19-8-5-11-28-19)24(21-17)20(25)14-23-9-2-3-10-23/h4-8,11-12,18,22H,2-3,9-10,13-14H2,1H3. The van der Waals surface area contributed by atoms with Crippen LogP contribution >= 0.6 is 0 Å². The summed E-state index contributed by atoms with van der Waals surface area (Å²) in [5.41, 5.74) is 1.95. The first-order chi connectivity index (χ1) is 13.9. The van der Waals surface area contributed by atoms with E-state index in [0.29, 0.717) is 24.4 Å². The van der Waals surface area contributed by atoms with Gasteiger partial charge >= 0.3 is 0 Å². The van der Waals surface area contributed by atoms with Gasteiger partial charge in [0, 0.05) is 12.1 Å². The van der Waals surface area contributed by atoms with Crippen molar-refractivity contribution < 1.29 is 17.6 Å². The third-order valence-electron chi connectivity index (χ3n) is 5.09. The lowest BCUT2D eigenvalue weighted by Crippen LogP contribution is -2.36. The Balaban J connectivity index is 1.60. The van der Waals surface area contributed by atoms with Crippen LogP contribution in [0.25, 0.3) is 0 Å². The number of hydrazone groups is 1. The molecule has 1 atom stereocenters. The van der Waals surface area contributed by atoms with Crippen LogP contribution < -0.4 is 4.72 Å². The maximum atomic E-state index is 13.0. The second-order valence-electron chi connectivity index (χ2n) is 7.46. The summed E-state index contributed by atoms with van der Waals surface area (Å²) in [6.45, 7) is 2.20. The number of benzene rings is 1. The van der Waals surface area contributed by atoms with Crippen LogP contribution in [-0.4, -0.2) is 55.8 Å². The number of amides is 1.